The minimum absolute atomic E-state index is 0.00701. The van der Waals surface area contributed by atoms with Gasteiger partial charge in [0.2, 0.25) is 5.91 Å². The van der Waals surface area contributed by atoms with E-state index in [4.69, 9.17) is 0 Å². The Hall–Kier alpha value is -2.50. The Morgan fingerprint density at radius 3 is 2.71 bits per heavy atom. The van der Waals surface area contributed by atoms with E-state index in [-0.39, 0.29) is 18.0 Å². The van der Waals surface area contributed by atoms with E-state index in [1.165, 1.54) is 10.7 Å². The lowest BCUT2D eigenvalue weighted by Crippen LogP contribution is -2.35. The molecule has 1 amide bonds. The first kappa shape index (κ1) is 13.5. The summed E-state index contributed by atoms with van der Waals surface area (Å²) in [5.74, 6) is -0.0505. The Morgan fingerprint density at radius 1 is 1.19 bits per heavy atom. The van der Waals surface area contributed by atoms with Crippen LogP contribution in [0, 0.1) is 0 Å². The van der Waals surface area contributed by atoms with Gasteiger partial charge in [0.05, 0.1) is 5.69 Å². The van der Waals surface area contributed by atoms with Gasteiger partial charge in [0, 0.05) is 37.1 Å². The number of amides is 1. The Balaban J connectivity index is 1.85. The van der Waals surface area contributed by atoms with Crippen molar-refractivity contribution in [3.8, 4) is 11.3 Å². The molecule has 1 saturated heterocycles. The summed E-state index contributed by atoms with van der Waals surface area (Å²) < 4.78 is 1.23. The smallest absolute Gasteiger partial charge is 0.267 e. The van der Waals surface area contributed by atoms with Crippen LogP contribution in [0.2, 0.25) is 0 Å². The molecule has 3 heterocycles. The average molecular weight is 284 g/mol. The molecule has 0 spiro atoms. The van der Waals surface area contributed by atoms with E-state index in [0.29, 0.717) is 5.69 Å². The van der Waals surface area contributed by atoms with Crippen LogP contribution in [-0.2, 0) is 11.3 Å². The van der Waals surface area contributed by atoms with Crippen molar-refractivity contribution in [2.45, 2.75) is 19.4 Å². The van der Waals surface area contributed by atoms with Crippen molar-refractivity contribution >= 4 is 5.91 Å². The third-order valence-electron chi connectivity index (χ3n) is 3.57. The number of rotatable bonds is 3. The lowest BCUT2D eigenvalue weighted by atomic mass is 10.2. The summed E-state index contributed by atoms with van der Waals surface area (Å²) in [6, 6.07) is 6.76. The fraction of sp³-hybridized carbons (Fsp3) is 0.333. The normalized spacial score (nSPS) is 14.4. The van der Waals surface area contributed by atoms with Gasteiger partial charge in [-0.15, -0.1) is 0 Å². The number of nitrogens with zero attached hydrogens (tertiary/aromatic N) is 4. The van der Waals surface area contributed by atoms with Crippen LogP contribution in [0.1, 0.15) is 12.8 Å². The van der Waals surface area contributed by atoms with Crippen LogP contribution in [0.3, 0.4) is 0 Å². The Labute approximate surface area is 122 Å². The van der Waals surface area contributed by atoms with Crippen molar-refractivity contribution in [2.24, 2.45) is 0 Å². The third-order valence-corrected chi connectivity index (χ3v) is 3.57. The standard InChI is InChI=1S/C15H16N4O2/c20-14-6-5-13(12-4-3-7-16-10-12)17-19(14)11-15(21)18-8-1-2-9-18/h3-7,10H,1-2,8-9,11H2. The zero-order chi connectivity index (χ0) is 14.7. The lowest BCUT2D eigenvalue weighted by Gasteiger charge is -2.15. The quantitative estimate of drug-likeness (QED) is 0.841. The molecule has 108 valence electrons. The van der Waals surface area contributed by atoms with Crippen molar-refractivity contribution in [3.63, 3.8) is 0 Å². The minimum atomic E-state index is -0.268. The molecular formula is C15H16N4O2. The number of hydrogen-bond donors (Lipinski definition) is 0. The van der Waals surface area contributed by atoms with Crippen LogP contribution in [0.5, 0.6) is 0 Å². The van der Waals surface area contributed by atoms with Gasteiger partial charge < -0.3 is 4.90 Å². The minimum Gasteiger partial charge on any atom is -0.341 e. The molecule has 6 nitrogen and oxygen atoms in total. The number of hydrogen-bond acceptors (Lipinski definition) is 4. The van der Waals surface area contributed by atoms with Gasteiger partial charge in [0.1, 0.15) is 6.54 Å². The van der Waals surface area contributed by atoms with E-state index >= 15 is 0 Å². The van der Waals surface area contributed by atoms with Crippen molar-refractivity contribution in [3.05, 3.63) is 47.0 Å². The summed E-state index contributed by atoms with van der Waals surface area (Å²) in [5.41, 5.74) is 1.19. The summed E-state index contributed by atoms with van der Waals surface area (Å²) in [4.78, 5) is 29.8. The molecule has 0 bridgehead atoms. The Morgan fingerprint density at radius 2 is 2.00 bits per heavy atom. The second-order valence-corrected chi connectivity index (χ2v) is 5.04. The van der Waals surface area contributed by atoms with E-state index in [0.717, 1.165) is 31.5 Å². The van der Waals surface area contributed by atoms with Crippen molar-refractivity contribution < 1.29 is 4.79 Å². The van der Waals surface area contributed by atoms with Gasteiger partial charge in [0.15, 0.2) is 0 Å². The van der Waals surface area contributed by atoms with E-state index in [2.05, 4.69) is 10.1 Å². The second-order valence-electron chi connectivity index (χ2n) is 5.04. The van der Waals surface area contributed by atoms with Gasteiger partial charge in [-0.1, -0.05) is 0 Å². The van der Waals surface area contributed by atoms with E-state index < -0.39 is 0 Å². The zero-order valence-corrected chi connectivity index (χ0v) is 11.6. The molecule has 0 unspecified atom stereocenters. The maximum absolute atomic E-state index is 12.1. The molecule has 3 rings (SSSR count). The second kappa shape index (κ2) is 5.87. The summed E-state index contributed by atoms with van der Waals surface area (Å²) in [6.07, 6.45) is 5.42. The molecule has 0 aromatic carbocycles. The molecule has 0 aliphatic carbocycles. The predicted molar refractivity (Wildman–Crippen MR) is 77.5 cm³/mol. The van der Waals surface area contributed by atoms with Crippen LogP contribution in [0.4, 0.5) is 0 Å². The number of carbonyl (C=O) groups is 1. The molecule has 0 atom stereocenters. The highest BCUT2D eigenvalue weighted by Crippen LogP contribution is 2.13. The van der Waals surface area contributed by atoms with Gasteiger partial charge in [-0.3, -0.25) is 14.6 Å². The molecule has 2 aromatic rings. The SMILES string of the molecule is O=C(Cn1nc(-c2cccnc2)ccc1=O)N1CCCC1. The third kappa shape index (κ3) is 2.99. The molecule has 0 saturated carbocycles. The van der Waals surface area contributed by atoms with E-state index in [1.54, 1.807) is 23.4 Å². The van der Waals surface area contributed by atoms with Crippen LogP contribution in [0.15, 0.2) is 41.5 Å². The zero-order valence-electron chi connectivity index (χ0n) is 11.6. The van der Waals surface area contributed by atoms with E-state index in [1.807, 2.05) is 12.1 Å². The molecular weight excluding hydrogens is 268 g/mol. The van der Waals surface area contributed by atoms with Crippen LogP contribution in [-0.4, -0.2) is 38.7 Å². The predicted octanol–water partition coefficient (Wildman–Crippen LogP) is 0.928. The summed E-state index contributed by atoms with van der Waals surface area (Å²) in [7, 11) is 0. The van der Waals surface area contributed by atoms with Crippen LogP contribution in [0.25, 0.3) is 11.3 Å². The number of pyridine rings is 1. The van der Waals surface area contributed by atoms with Crippen molar-refractivity contribution in [2.75, 3.05) is 13.1 Å². The first-order chi connectivity index (χ1) is 10.2. The van der Waals surface area contributed by atoms with Crippen molar-refractivity contribution in [1.82, 2.24) is 19.7 Å². The van der Waals surface area contributed by atoms with Gasteiger partial charge >= 0.3 is 0 Å². The number of carbonyl (C=O) groups excluding carboxylic acids is 1. The topological polar surface area (TPSA) is 68.1 Å². The highest BCUT2D eigenvalue weighted by molar-refractivity contribution is 5.76. The molecule has 1 fully saturated rings. The van der Waals surface area contributed by atoms with Crippen LogP contribution >= 0.6 is 0 Å². The average Bonchev–Trinajstić information content (AvgIpc) is 3.05. The van der Waals surface area contributed by atoms with Crippen LogP contribution < -0.4 is 5.56 Å². The molecule has 1 aliphatic rings. The van der Waals surface area contributed by atoms with E-state index in [9.17, 15) is 9.59 Å². The Bertz CT molecular complexity index is 690. The first-order valence-corrected chi connectivity index (χ1v) is 7.00. The maximum Gasteiger partial charge on any atom is 0.267 e. The summed E-state index contributed by atoms with van der Waals surface area (Å²) in [6.45, 7) is 1.54. The van der Waals surface area contributed by atoms with Crippen molar-refractivity contribution in [1.29, 1.82) is 0 Å². The maximum atomic E-state index is 12.1. The lowest BCUT2D eigenvalue weighted by molar-refractivity contribution is -0.131. The molecule has 0 radical (unpaired) electrons. The number of aromatic nitrogens is 3. The molecule has 6 heteroatoms. The molecule has 21 heavy (non-hydrogen) atoms. The molecule has 2 aromatic heterocycles. The fourth-order valence-corrected chi connectivity index (χ4v) is 2.43. The first-order valence-electron chi connectivity index (χ1n) is 7.00. The van der Waals surface area contributed by atoms with Gasteiger partial charge in [-0.25, -0.2) is 4.68 Å². The Kier molecular flexibility index (Phi) is 3.77. The monoisotopic (exact) mass is 284 g/mol. The molecule has 1 aliphatic heterocycles. The largest absolute Gasteiger partial charge is 0.341 e. The highest BCUT2D eigenvalue weighted by Gasteiger charge is 2.19. The van der Waals surface area contributed by atoms with Gasteiger partial charge in [-0.05, 0) is 31.0 Å². The van der Waals surface area contributed by atoms with Gasteiger partial charge in [0.25, 0.3) is 5.56 Å². The summed E-state index contributed by atoms with van der Waals surface area (Å²) in [5, 5.41) is 4.27. The summed E-state index contributed by atoms with van der Waals surface area (Å²) >= 11 is 0. The highest BCUT2D eigenvalue weighted by atomic mass is 16.2. The van der Waals surface area contributed by atoms with Gasteiger partial charge in [-0.2, -0.15) is 5.10 Å². The number of likely N-dealkylation sites (tertiary alicyclic amines) is 1. The fourth-order valence-electron chi connectivity index (χ4n) is 2.43. The molecule has 0 N–H and O–H groups in total.